The first kappa shape index (κ1) is 15.4. The number of likely N-dealkylation sites (tertiary alicyclic amines) is 1. The molecule has 0 saturated carbocycles. The predicted octanol–water partition coefficient (Wildman–Crippen LogP) is 0.534. The molecule has 8 heteroatoms. The van der Waals surface area contributed by atoms with E-state index in [0.717, 1.165) is 30.6 Å². The number of primary amides is 1. The second kappa shape index (κ2) is 6.64. The number of para-hydroxylation sites is 1. The van der Waals surface area contributed by atoms with E-state index in [1.807, 2.05) is 24.3 Å². The number of hydrogen-bond donors (Lipinski definition) is 1. The highest BCUT2D eigenvalue weighted by atomic mass is 35.5. The third-order valence-corrected chi connectivity index (χ3v) is 3.65. The minimum absolute atomic E-state index is 0. The summed E-state index contributed by atoms with van der Waals surface area (Å²) in [6, 6.07) is 7.72. The van der Waals surface area contributed by atoms with Crippen LogP contribution >= 0.6 is 12.4 Å². The molecule has 1 aromatic carbocycles. The molecule has 1 fully saturated rings. The predicted molar refractivity (Wildman–Crippen MR) is 79.0 cm³/mol. The van der Waals surface area contributed by atoms with Crippen molar-refractivity contribution in [2.75, 3.05) is 6.54 Å². The van der Waals surface area contributed by atoms with E-state index < -0.39 is 0 Å². The molecule has 1 atom stereocenters. The average Bonchev–Trinajstić information content (AvgIpc) is 3.09. The fraction of sp³-hybridized carbons (Fsp3) is 0.385. The minimum Gasteiger partial charge on any atom is -0.368 e. The van der Waals surface area contributed by atoms with Crippen molar-refractivity contribution < 1.29 is 4.79 Å². The molecule has 1 saturated heterocycles. The Balaban J connectivity index is 0.00000161. The number of nitrogens with zero attached hydrogens (tertiary/aromatic N) is 5. The Kier molecular flexibility index (Phi) is 4.87. The fourth-order valence-electron chi connectivity index (χ4n) is 2.70. The highest BCUT2D eigenvalue weighted by Gasteiger charge is 2.29. The lowest BCUT2D eigenvalue weighted by Gasteiger charge is -2.22. The summed E-state index contributed by atoms with van der Waals surface area (Å²) in [5, 5.41) is 11.2. The first-order valence-electron chi connectivity index (χ1n) is 6.60. The van der Waals surface area contributed by atoms with Gasteiger partial charge in [-0.05, 0) is 41.4 Å². The number of amides is 1. The van der Waals surface area contributed by atoms with Gasteiger partial charge in [0.25, 0.3) is 0 Å². The van der Waals surface area contributed by atoms with Crippen molar-refractivity contribution in [1.29, 1.82) is 0 Å². The van der Waals surface area contributed by atoms with E-state index in [-0.39, 0.29) is 24.4 Å². The summed E-state index contributed by atoms with van der Waals surface area (Å²) in [6.45, 7) is 1.56. The Morgan fingerprint density at radius 1 is 1.38 bits per heavy atom. The summed E-state index contributed by atoms with van der Waals surface area (Å²) in [6.07, 6.45) is 3.40. The average molecular weight is 309 g/mol. The Labute approximate surface area is 128 Å². The lowest BCUT2D eigenvalue weighted by molar-refractivity contribution is -0.122. The number of hydrogen-bond acceptors (Lipinski definition) is 5. The summed E-state index contributed by atoms with van der Waals surface area (Å²) >= 11 is 0. The zero-order valence-corrected chi connectivity index (χ0v) is 12.2. The zero-order chi connectivity index (χ0) is 13.9. The number of rotatable bonds is 4. The van der Waals surface area contributed by atoms with Crippen LogP contribution in [0, 0.1) is 0 Å². The van der Waals surface area contributed by atoms with Gasteiger partial charge in [-0.3, -0.25) is 9.69 Å². The Bertz CT molecular complexity index is 602. The number of aromatic nitrogens is 4. The van der Waals surface area contributed by atoms with Crippen LogP contribution in [0.1, 0.15) is 18.4 Å². The molecule has 1 aromatic heterocycles. The second-order valence-corrected chi connectivity index (χ2v) is 4.91. The van der Waals surface area contributed by atoms with Gasteiger partial charge in [-0.15, -0.1) is 17.5 Å². The molecule has 0 unspecified atom stereocenters. The van der Waals surface area contributed by atoms with Crippen LogP contribution in [0.2, 0.25) is 0 Å². The van der Waals surface area contributed by atoms with Crippen molar-refractivity contribution >= 4 is 18.3 Å². The highest BCUT2D eigenvalue weighted by molar-refractivity contribution is 5.85. The number of tetrazole rings is 1. The maximum absolute atomic E-state index is 11.5. The lowest BCUT2D eigenvalue weighted by atomic mass is 10.1. The van der Waals surface area contributed by atoms with Crippen LogP contribution < -0.4 is 5.73 Å². The Morgan fingerprint density at radius 2 is 2.19 bits per heavy atom. The van der Waals surface area contributed by atoms with Crippen molar-refractivity contribution in [2.45, 2.75) is 25.4 Å². The molecular formula is C13H17ClN6O. The molecule has 2 aromatic rings. The normalized spacial score (nSPS) is 18.4. The number of halogens is 1. The van der Waals surface area contributed by atoms with Crippen LogP contribution in [0.4, 0.5) is 0 Å². The lowest BCUT2D eigenvalue weighted by Crippen LogP contribution is -2.39. The van der Waals surface area contributed by atoms with Crippen molar-refractivity contribution in [2.24, 2.45) is 5.73 Å². The van der Waals surface area contributed by atoms with E-state index in [0.29, 0.717) is 6.54 Å². The zero-order valence-electron chi connectivity index (χ0n) is 11.4. The first-order valence-corrected chi connectivity index (χ1v) is 6.60. The van der Waals surface area contributed by atoms with E-state index in [1.165, 1.54) is 0 Å². The molecule has 0 aliphatic carbocycles. The van der Waals surface area contributed by atoms with E-state index in [1.54, 1.807) is 11.0 Å². The summed E-state index contributed by atoms with van der Waals surface area (Å²) in [4.78, 5) is 13.6. The third kappa shape index (κ3) is 3.20. The van der Waals surface area contributed by atoms with Gasteiger partial charge in [-0.1, -0.05) is 18.2 Å². The maximum Gasteiger partial charge on any atom is 0.234 e. The van der Waals surface area contributed by atoms with Gasteiger partial charge in [0.15, 0.2) is 0 Å². The van der Waals surface area contributed by atoms with Crippen LogP contribution in [-0.2, 0) is 11.3 Å². The van der Waals surface area contributed by atoms with E-state index in [2.05, 4.69) is 20.4 Å². The summed E-state index contributed by atoms with van der Waals surface area (Å²) < 4.78 is 1.63. The van der Waals surface area contributed by atoms with E-state index in [4.69, 9.17) is 5.73 Å². The Morgan fingerprint density at radius 3 is 2.90 bits per heavy atom. The molecular weight excluding hydrogens is 292 g/mol. The first-order chi connectivity index (χ1) is 9.75. The Hall–Kier alpha value is -1.99. The van der Waals surface area contributed by atoms with Crippen LogP contribution in [-0.4, -0.2) is 43.6 Å². The molecule has 0 bridgehead atoms. The molecule has 1 aliphatic rings. The summed E-state index contributed by atoms with van der Waals surface area (Å²) in [5.41, 5.74) is 7.46. The molecule has 21 heavy (non-hydrogen) atoms. The molecule has 112 valence electrons. The number of benzene rings is 1. The van der Waals surface area contributed by atoms with Gasteiger partial charge in [0, 0.05) is 6.54 Å². The van der Waals surface area contributed by atoms with Gasteiger partial charge in [-0.2, -0.15) is 0 Å². The molecule has 2 N–H and O–H groups in total. The number of carbonyl (C=O) groups is 1. The van der Waals surface area contributed by atoms with Gasteiger partial charge in [-0.25, -0.2) is 4.68 Å². The van der Waals surface area contributed by atoms with Crippen molar-refractivity contribution in [3.63, 3.8) is 0 Å². The topological polar surface area (TPSA) is 89.9 Å². The SMILES string of the molecule is Cl.NC(=O)[C@@H]1CCCN1Cc1ccccc1-n1cnnn1. The molecule has 3 rings (SSSR count). The molecule has 1 amide bonds. The van der Waals surface area contributed by atoms with Crippen LogP contribution in [0.3, 0.4) is 0 Å². The largest absolute Gasteiger partial charge is 0.368 e. The van der Waals surface area contributed by atoms with Crippen LogP contribution in [0.15, 0.2) is 30.6 Å². The van der Waals surface area contributed by atoms with Crippen LogP contribution in [0.5, 0.6) is 0 Å². The number of nitrogens with two attached hydrogens (primary N) is 1. The van der Waals surface area contributed by atoms with Crippen molar-refractivity contribution in [1.82, 2.24) is 25.1 Å². The van der Waals surface area contributed by atoms with Gasteiger partial charge >= 0.3 is 0 Å². The summed E-state index contributed by atoms with van der Waals surface area (Å²) in [7, 11) is 0. The number of carbonyl (C=O) groups excluding carboxylic acids is 1. The van der Waals surface area contributed by atoms with Gasteiger partial charge in [0.2, 0.25) is 5.91 Å². The maximum atomic E-state index is 11.5. The standard InChI is InChI=1S/C13H16N6O.ClH/c14-13(20)12-6-3-7-18(12)8-10-4-1-2-5-11(10)19-9-15-16-17-19;/h1-2,4-5,9,12H,3,6-8H2,(H2,14,20);1H/t12-;/m0./s1. The highest BCUT2D eigenvalue weighted by Crippen LogP contribution is 2.22. The third-order valence-electron chi connectivity index (χ3n) is 3.65. The van der Waals surface area contributed by atoms with Gasteiger partial charge in [0.1, 0.15) is 6.33 Å². The monoisotopic (exact) mass is 308 g/mol. The van der Waals surface area contributed by atoms with E-state index >= 15 is 0 Å². The van der Waals surface area contributed by atoms with Crippen molar-refractivity contribution in [3.05, 3.63) is 36.2 Å². The fourth-order valence-corrected chi connectivity index (χ4v) is 2.70. The molecule has 2 heterocycles. The van der Waals surface area contributed by atoms with E-state index in [9.17, 15) is 4.79 Å². The smallest absolute Gasteiger partial charge is 0.234 e. The summed E-state index contributed by atoms with van der Waals surface area (Å²) in [5.74, 6) is -0.248. The molecule has 1 aliphatic heterocycles. The second-order valence-electron chi connectivity index (χ2n) is 4.91. The van der Waals surface area contributed by atoms with Gasteiger partial charge in [0.05, 0.1) is 11.7 Å². The van der Waals surface area contributed by atoms with Crippen molar-refractivity contribution in [3.8, 4) is 5.69 Å². The quantitative estimate of drug-likeness (QED) is 0.890. The molecule has 0 radical (unpaired) electrons. The molecule has 0 spiro atoms. The van der Waals surface area contributed by atoms with Gasteiger partial charge < -0.3 is 5.73 Å². The molecule has 7 nitrogen and oxygen atoms in total. The minimum atomic E-state index is -0.248. The van der Waals surface area contributed by atoms with Crippen LogP contribution in [0.25, 0.3) is 5.69 Å².